The summed E-state index contributed by atoms with van der Waals surface area (Å²) < 4.78 is 5.72. The summed E-state index contributed by atoms with van der Waals surface area (Å²) in [5.41, 5.74) is 0. The fraction of sp³-hybridized carbons (Fsp3) is 0.667. The van der Waals surface area contributed by atoms with Gasteiger partial charge in [-0.1, -0.05) is 6.58 Å². The van der Waals surface area contributed by atoms with Gasteiger partial charge in [0.25, 0.3) is 0 Å². The van der Waals surface area contributed by atoms with Gasteiger partial charge in [-0.15, -0.1) is 0 Å². The lowest BCUT2D eigenvalue weighted by molar-refractivity contribution is -0.888. The van der Waals surface area contributed by atoms with E-state index in [-0.39, 0.29) is 24.5 Å². The minimum atomic E-state index is -0.342. The third-order valence-electron chi connectivity index (χ3n) is 1.96. The Morgan fingerprint density at radius 1 is 1.50 bits per heavy atom. The lowest BCUT2D eigenvalue weighted by Crippen LogP contribution is -3.00. The Morgan fingerprint density at radius 3 is 2.36 bits per heavy atom. The molecule has 0 N–H and O–H groups in total. The number of likely N-dealkylation sites (N-methyl/N-ethyl adjacent to an activating group) is 1. The van der Waals surface area contributed by atoms with Crippen LogP contribution in [0.15, 0.2) is 12.7 Å². The van der Waals surface area contributed by atoms with E-state index >= 15 is 0 Å². The molecule has 3 radical (unpaired) electrons. The van der Waals surface area contributed by atoms with Crippen LogP contribution in [-0.2, 0) is 9.53 Å². The van der Waals surface area contributed by atoms with Gasteiger partial charge in [0, 0.05) is 12.2 Å². The first-order valence-electron chi connectivity index (χ1n) is 4.13. The zero-order chi connectivity index (χ0) is 9.61. The van der Waals surface area contributed by atoms with Crippen molar-refractivity contribution in [2.24, 2.45) is 0 Å². The molecule has 0 bridgehead atoms. The van der Waals surface area contributed by atoms with Crippen LogP contribution in [0.4, 0.5) is 0 Å². The second-order valence-electron chi connectivity index (χ2n) is 3.35. The van der Waals surface area contributed by atoms with Crippen LogP contribution in [-0.4, -0.2) is 44.2 Å². The standard InChI is InChI=1S/C9H18NO2.ClH.N/c1-5-9(11)12-8-7-10(3,4)6-2;;/h5H,1,6-8H2,2-4H3;1H;/q+1;;/p-1. The van der Waals surface area contributed by atoms with Gasteiger partial charge in [0.05, 0.1) is 20.6 Å². The average Bonchev–Trinajstić information content (AvgIpc) is 2.04. The molecule has 0 aliphatic carbocycles. The van der Waals surface area contributed by atoms with Gasteiger partial charge in [-0.3, -0.25) is 0 Å². The van der Waals surface area contributed by atoms with Gasteiger partial charge < -0.3 is 21.6 Å². The molecule has 0 aromatic heterocycles. The van der Waals surface area contributed by atoms with E-state index < -0.39 is 0 Å². The zero-order valence-electron chi connectivity index (χ0n) is 8.99. The Kier molecular flexibility index (Phi) is 12.2. The Hall–Kier alpha value is -0.580. The summed E-state index contributed by atoms with van der Waals surface area (Å²) in [5.74, 6) is -0.342. The number of carbonyl (C=O) groups is 1. The monoisotopic (exact) mass is 221 g/mol. The van der Waals surface area contributed by atoms with Crippen LogP contribution in [0.3, 0.4) is 0 Å². The molecule has 0 aliphatic rings. The van der Waals surface area contributed by atoms with Crippen LogP contribution in [0.1, 0.15) is 6.92 Å². The molecule has 83 valence electrons. The van der Waals surface area contributed by atoms with Crippen LogP contribution < -0.4 is 18.6 Å². The Balaban J connectivity index is -0.000000605. The molecule has 0 saturated carbocycles. The van der Waals surface area contributed by atoms with Crippen molar-refractivity contribution in [3.63, 3.8) is 0 Å². The SMILES string of the molecule is C=CC(=O)OCC[N+](C)(C)CC.[Cl-].[N]. The number of hydrogen-bond donors (Lipinski definition) is 0. The first-order valence-corrected chi connectivity index (χ1v) is 4.13. The van der Waals surface area contributed by atoms with E-state index in [4.69, 9.17) is 4.74 Å². The predicted molar refractivity (Wildman–Crippen MR) is 50.8 cm³/mol. The lowest BCUT2D eigenvalue weighted by Gasteiger charge is -2.27. The maximum Gasteiger partial charge on any atom is 0.330 e. The van der Waals surface area contributed by atoms with Crippen molar-refractivity contribution < 1.29 is 26.4 Å². The molecule has 4 nitrogen and oxygen atoms in total. The number of halogens is 1. The molecule has 0 spiro atoms. The van der Waals surface area contributed by atoms with Gasteiger partial charge in [0.2, 0.25) is 0 Å². The summed E-state index contributed by atoms with van der Waals surface area (Å²) in [5, 5.41) is 0. The largest absolute Gasteiger partial charge is 1.00 e. The van der Waals surface area contributed by atoms with Gasteiger partial charge in [-0.05, 0) is 6.92 Å². The molecule has 0 atom stereocenters. The summed E-state index contributed by atoms with van der Waals surface area (Å²) in [6, 6.07) is 0. The van der Waals surface area contributed by atoms with Crippen LogP contribution in [0.5, 0.6) is 0 Å². The summed E-state index contributed by atoms with van der Waals surface area (Å²) in [7, 11) is 4.20. The summed E-state index contributed by atoms with van der Waals surface area (Å²) >= 11 is 0. The highest BCUT2D eigenvalue weighted by atomic mass is 35.5. The van der Waals surface area contributed by atoms with E-state index in [9.17, 15) is 4.79 Å². The molecular weight excluding hydrogens is 204 g/mol. The Bertz CT molecular complexity index is 172. The molecule has 0 aliphatic heterocycles. The van der Waals surface area contributed by atoms with Crippen LogP contribution in [0, 0.1) is 0 Å². The fourth-order valence-electron chi connectivity index (χ4n) is 0.610. The van der Waals surface area contributed by atoms with Crippen LogP contribution in [0.25, 0.3) is 0 Å². The van der Waals surface area contributed by atoms with E-state index in [2.05, 4.69) is 27.6 Å². The number of rotatable bonds is 5. The second kappa shape index (κ2) is 8.99. The van der Waals surface area contributed by atoms with Crippen LogP contribution >= 0.6 is 0 Å². The first kappa shape index (κ1) is 19.1. The second-order valence-corrected chi connectivity index (χ2v) is 3.35. The number of nitrogens with zero attached hydrogens (tertiary/aromatic N) is 2. The number of carbonyl (C=O) groups excluding carboxylic acids is 1. The molecule has 0 heterocycles. The molecule has 0 aromatic carbocycles. The molecule has 0 aromatic rings. The summed E-state index contributed by atoms with van der Waals surface area (Å²) in [4.78, 5) is 10.6. The van der Waals surface area contributed by atoms with Crippen molar-refractivity contribution in [2.75, 3.05) is 33.8 Å². The van der Waals surface area contributed by atoms with Crippen LogP contribution in [0.2, 0.25) is 0 Å². The van der Waals surface area contributed by atoms with Gasteiger partial charge in [-0.25, -0.2) is 4.79 Å². The maximum absolute atomic E-state index is 10.6. The van der Waals surface area contributed by atoms with E-state index in [1.807, 2.05) is 0 Å². The highest BCUT2D eigenvalue weighted by Gasteiger charge is 2.11. The third kappa shape index (κ3) is 9.51. The number of esters is 1. The average molecular weight is 222 g/mol. The highest BCUT2D eigenvalue weighted by molar-refractivity contribution is 5.81. The molecule has 14 heavy (non-hydrogen) atoms. The number of ether oxygens (including phenoxy) is 1. The minimum absolute atomic E-state index is 0. The van der Waals surface area contributed by atoms with Gasteiger partial charge in [0.1, 0.15) is 13.2 Å². The summed E-state index contributed by atoms with van der Waals surface area (Å²) in [6.45, 7) is 7.76. The predicted octanol–water partition coefficient (Wildman–Crippen LogP) is -2.66. The quantitative estimate of drug-likeness (QED) is 0.289. The molecule has 5 heteroatoms. The Morgan fingerprint density at radius 2 is 2.00 bits per heavy atom. The van der Waals surface area contributed by atoms with Gasteiger partial charge >= 0.3 is 5.97 Å². The van der Waals surface area contributed by atoms with E-state index in [0.717, 1.165) is 17.6 Å². The van der Waals surface area contributed by atoms with Crippen molar-refractivity contribution >= 4 is 5.97 Å². The molecule has 0 unspecified atom stereocenters. The highest BCUT2D eigenvalue weighted by Crippen LogP contribution is 1.95. The molecular formula is C9H18ClN2O2. The Labute approximate surface area is 92.5 Å². The fourth-order valence-corrected chi connectivity index (χ4v) is 0.610. The molecule has 0 amide bonds. The first-order chi connectivity index (χ1) is 5.52. The van der Waals surface area contributed by atoms with Crippen molar-refractivity contribution in [3.8, 4) is 0 Å². The normalized spacial score (nSPS) is 9.36. The van der Waals surface area contributed by atoms with E-state index in [0.29, 0.717) is 6.61 Å². The number of quaternary nitrogens is 1. The van der Waals surface area contributed by atoms with Gasteiger partial charge in [-0.2, -0.15) is 0 Å². The zero-order valence-corrected chi connectivity index (χ0v) is 9.75. The lowest BCUT2D eigenvalue weighted by atomic mass is 10.4. The van der Waals surface area contributed by atoms with E-state index in [1.165, 1.54) is 6.08 Å². The van der Waals surface area contributed by atoms with E-state index in [1.54, 1.807) is 0 Å². The summed E-state index contributed by atoms with van der Waals surface area (Å²) in [6.07, 6.45) is 1.19. The van der Waals surface area contributed by atoms with Crippen molar-refractivity contribution in [3.05, 3.63) is 12.7 Å². The minimum Gasteiger partial charge on any atom is -1.00 e. The van der Waals surface area contributed by atoms with Crippen molar-refractivity contribution in [1.82, 2.24) is 6.15 Å². The van der Waals surface area contributed by atoms with Crippen molar-refractivity contribution in [1.29, 1.82) is 0 Å². The van der Waals surface area contributed by atoms with Gasteiger partial charge in [0.15, 0.2) is 0 Å². The molecule has 0 rings (SSSR count). The number of hydrogen-bond acceptors (Lipinski definition) is 2. The smallest absolute Gasteiger partial charge is 0.330 e. The third-order valence-corrected chi connectivity index (χ3v) is 1.96. The molecule has 0 saturated heterocycles. The molecule has 0 fully saturated rings. The maximum atomic E-state index is 10.6. The van der Waals surface area contributed by atoms with Crippen molar-refractivity contribution in [2.45, 2.75) is 6.92 Å². The topological polar surface area (TPSA) is 56.8 Å².